The molecule has 1 N–H and O–H groups in total. The Balaban J connectivity index is 3.45. The molecule has 0 radical (unpaired) electrons. The molecule has 0 spiro atoms. The average molecular weight is 491 g/mol. The van der Waals surface area contributed by atoms with Crippen molar-refractivity contribution in [2.45, 2.75) is 148 Å². The van der Waals surface area contributed by atoms with Gasteiger partial charge in [0, 0.05) is 5.92 Å². The van der Waals surface area contributed by atoms with E-state index in [2.05, 4.69) is 109 Å². The van der Waals surface area contributed by atoms with Gasteiger partial charge in [-0.2, -0.15) is 0 Å². The molecule has 0 bridgehead atoms. The van der Waals surface area contributed by atoms with Gasteiger partial charge >= 0.3 is 0 Å². The van der Waals surface area contributed by atoms with Crippen LogP contribution in [0, 0.1) is 5.92 Å². The van der Waals surface area contributed by atoms with Crippen molar-refractivity contribution in [3.63, 3.8) is 0 Å². The summed E-state index contributed by atoms with van der Waals surface area (Å²) in [4.78, 5) is 0. The summed E-state index contributed by atoms with van der Waals surface area (Å²) in [5.74, 6) is -0.0290. The van der Waals surface area contributed by atoms with E-state index in [0.29, 0.717) is 0 Å². The van der Waals surface area contributed by atoms with Gasteiger partial charge in [-0.25, -0.2) is 0 Å². The zero-order valence-corrected chi connectivity index (χ0v) is 26.6. The second-order valence-corrected chi connectivity index (χ2v) is 28.6. The van der Waals surface area contributed by atoms with Crippen LogP contribution in [0.4, 0.5) is 0 Å². The topological polar surface area (TPSA) is 47.9 Å². The molecule has 5 atom stereocenters. The molecule has 0 unspecified atom stereocenters. The molecule has 31 heavy (non-hydrogen) atoms. The van der Waals surface area contributed by atoms with Gasteiger partial charge in [-0.15, -0.1) is 0 Å². The van der Waals surface area contributed by atoms with Crippen LogP contribution in [0.15, 0.2) is 0 Å². The number of hydrogen-bond acceptors (Lipinski definition) is 4. The summed E-state index contributed by atoms with van der Waals surface area (Å²) in [6, 6.07) is 0. The minimum Gasteiger partial charge on any atom is -0.411 e. The fourth-order valence-corrected chi connectivity index (χ4v) is 7.16. The van der Waals surface area contributed by atoms with Crippen molar-refractivity contribution < 1.29 is 18.4 Å². The van der Waals surface area contributed by atoms with Crippen LogP contribution < -0.4 is 0 Å². The predicted octanol–water partition coefficient (Wildman–Crippen LogP) is 7.17. The molecule has 0 amide bonds. The highest BCUT2D eigenvalue weighted by atomic mass is 28.4. The van der Waals surface area contributed by atoms with E-state index in [1.54, 1.807) is 0 Å². The first-order valence-corrected chi connectivity index (χ1v) is 20.8. The summed E-state index contributed by atoms with van der Waals surface area (Å²) in [5, 5.41) is 11.6. The Bertz CT molecular complexity index is 572. The van der Waals surface area contributed by atoms with E-state index in [0.717, 1.165) is 0 Å². The maximum absolute atomic E-state index is 11.4. The van der Waals surface area contributed by atoms with Gasteiger partial charge < -0.3 is 18.4 Å². The molecule has 0 saturated heterocycles. The normalized spacial score (nSPS) is 29.5. The average Bonchev–Trinajstić information content (AvgIpc) is 2.69. The Labute approximate surface area is 197 Å². The quantitative estimate of drug-likeness (QED) is 0.401. The molecule has 1 fully saturated rings. The Morgan fingerprint density at radius 2 is 0.774 bits per heavy atom. The van der Waals surface area contributed by atoms with Gasteiger partial charge in [-0.3, -0.25) is 0 Å². The SMILES string of the molecule is C[C@@H]1[C@@H](O)[C@H](O[Si](C)(C)C(C)(C)C)[C@@H](O[Si](C)(C)C(C)(C)C)[C@@H]1O[Si](C)(C)C(C)(C)C. The van der Waals surface area contributed by atoms with Crippen molar-refractivity contribution in [3.05, 3.63) is 0 Å². The van der Waals surface area contributed by atoms with E-state index in [4.69, 9.17) is 13.3 Å². The van der Waals surface area contributed by atoms with Crippen molar-refractivity contribution in [1.29, 1.82) is 0 Å². The fraction of sp³-hybridized carbons (Fsp3) is 1.00. The highest BCUT2D eigenvalue weighted by molar-refractivity contribution is 6.75. The molecule has 1 aliphatic carbocycles. The molecular weight excluding hydrogens is 437 g/mol. The highest BCUT2D eigenvalue weighted by Crippen LogP contribution is 2.47. The van der Waals surface area contributed by atoms with Gasteiger partial charge in [0.1, 0.15) is 0 Å². The lowest BCUT2D eigenvalue weighted by Crippen LogP contribution is -2.56. The second kappa shape index (κ2) is 8.93. The monoisotopic (exact) mass is 490 g/mol. The zero-order chi connectivity index (χ0) is 25.0. The predicted molar refractivity (Wildman–Crippen MR) is 141 cm³/mol. The first kappa shape index (κ1) is 29.5. The van der Waals surface area contributed by atoms with Crippen molar-refractivity contribution in [3.8, 4) is 0 Å². The first-order chi connectivity index (χ1) is 13.4. The third-order valence-corrected chi connectivity index (χ3v) is 22.2. The first-order valence-electron chi connectivity index (χ1n) is 12.1. The maximum atomic E-state index is 11.4. The van der Waals surface area contributed by atoms with Gasteiger partial charge in [0.15, 0.2) is 25.0 Å². The van der Waals surface area contributed by atoms with Crippen molar-refractivity contribution in [2.24, 2.45) is 5.92 Å². The van der Waals surface area contributed by atoms with Crippen LogP contribution in [-0.2, 0) is 13.3 Å². The molecule has 1 saturated carbocycles. The molecule has 0 heterocycles. The number of hydrogen-bond donors (Lipinski definition) is 1. The fourth-order valence-electron chi connectivity index (χ4n) is 3.17. The van der Waals surface area contributed by atoms with Crippen molar-refractivity contribution in [2.75, 3.05) is 0 Å². The lowest BCUT2D eigenvalue weighted by atomic mass is 10.1. The largest absolute Gasteiger partial charge is 0.411 e. The molecule has 7 heteroatoms. The second-order valence-electron chi connectivity index (χ2n) is 14.4. The van der Waals surface area contributed by atoms with E-state index in [9.17, 15) is 5.11 Å². The smallest absolute Gasteiger partial charge is 0.192 e. The molecule has 0 aromatic rings. The van der Waals surface area contributed by atoms with Crippen LogP contribution in [0.3, 0.4) is 0 Å². The van der Waals surface area contributed by atoms with E-state index >= 15 is 0 Å². The summed E-state index contributed by atoms with van der Waals surface area (Å²) in [6.07, 6.45) is -1.33. The minimum atomic E-state index is -2.10. The zero-order valence-electron chi connectivity index (χ0n) is 23.6. The summed E-state index contributed by atoms with van der Waals surface area (Å²) in [7, 11) is -6.24. The van der Waals surface area contributed by atoms with Crippen LogP contribution >= 0.6 is 0 Å². The van der Waals surface area contributed by atoms with Gasteiger partial charge in [0.05, 0.1) is 24.4 Å². The van der Waals surface area contributed by atoms with Crippen molar-refractivity contribution in [1.82, 2.24) is 0 Å². The van der Waals surface area contributed by atoms with Crippen molar-refractivity contribution >= 4 is 25.0 Å². The van der Waals surface area contributed by atoms with Crippen LogP contribution in [0.1, 0.15) is 69.2 Å². The number of aliphatic hydroxyl groups is 1. The summed E-state index contributed by atoms with van der Waals surface area (Å²) in [5.41, 5.74) is 0. The number of aliphatic hydroxyl groups excluding tert-OH is 1. The van der Waals surface area contributed by atoms with E-state index < -0.39 is 31.1 Å². The standard InChI is InChI=1S/C24H54O4Si3/c1-17-18(25)20(27-30(13,14)23(5,6)7)21(28-31(15,16)24(8,9)10)19(17)26-29(11,12)22(2,3)4/h17-21,25H,1-16H3/t17-,18-,19-,20+,21+/m1/s1. The number of rotatable bonds is 6. The van der Waals surface area contributed by atoms with Crippen LogP contribution in [0.25, 0.3) is 0 Å². The lowest BCUT2D eigenvalue weighted by molar-refractivity contribution is -0.0250. The highest BCUT2D eigenvalue weighted by Gasteiger charge is 2.57. The summed E-state index contributed by atoms with van der Waals surface area (Å²) in [6.45, 7) is 36.1. The Hall–Kier alpha value is 0.491. The molecule has 1 rings (SSSR count). The van der Waals surface area contributed by atoms with Crippen LogP contribution in [0.5, 0.6) is 0 Å². The molecule has 0 aromatic carbocycles. The molecular formula is C24H54O4Si3. The Morgan fingerprint density at radius 3 is 1.06 bits per heavy atom. The third-order valence-electron chi connectivity index (χ3n) is 8.75. The van der Waals surface area contributed by atoms with E-state index in [1.165, 1.54) is 0 Å². The third kappa shape index (κ3) is 6.34. The molecule has 1 aliphatic rings. The summed E-state index contributed by atoms with van der Waals surface area (Å²) < 4.78 is 20.8. The lowest BCUT2D eigenvalue weighted by Gasteiger charge is -2.46. The van der Waals surface area contributed by atoms with Crippen LogP contribution in [-0.4, -0.2) is 54.5 Å². The Morgan fingerprint density at radius 1 is 0.516 bits per heavy atom. The van der Waals surface area contributed by atoms with Gasteiger partial charge in [0.2, 0.25) is 0 Å². The molecule has 0 aromatic heterocycles. The maximum Gasteiger partial charge on any atom is 0.192 e. The Kier molecular flexibility index (Phi) is 8.51. The van der Waals surface area contributed by atoms with Gasteiger partial charge in [-0.05, 0) is 54.4 Å². The molecule has 0 aliphatic heterocycles. The summed E-state index contributed by atoms with van der Waals surface area (Å²) >= 11 is 0. The van der Waals surface area contributed by atoms with E-state index in [-0.39, 0.29) is 39.3 Å². The minimum absolute atomic E-state index is 0.0290. The van der Waals surface area contributed by atoms with Gasteiger partial charge in [-0.1, -0.05) is 69.2 Å². The van der Waals surface area contributed by atoms with Crippen LogP contribution in [0.2, 0.25) is 54.4 Å². The van der Waals surface area contributed by atoms with Gasteiger partial charge in [0.25, 0.3) is 0 Å². The molecule has 4 nitrogen and oxygen atoms in total. The van der Waals surface area contributed by atoms with E-state index in [1.807, 2.05) is 0 Å². The molecule has 186 valence electrons.